The number of aryl methyl sites for hydroxylation is 1. The van der Waals surface area contributed by atoms with Crippen molar-refractivity contribution in [2.75, 3.05) is 0 Å². The van der Waals surface area contributed by atoms with Gasteiger partial charge < -0.3 is 0 Å². The van der Waals surface area contributed by atoms with E-state index in [1.54, 1.807) is 6.92 Å². The topological polar surface area (TPSA) is 30.7 Å². The Balaban J connectivity index is 3.11. The molecule has 0 spiro atoms. The van der Waals surface area contributed by atoms with E-state index in [0.29, 0.717) is 6.54 Å². The molecule has 0 fully saturated rings. The second kappa shape index (κ2) is 3.04. The normalized spacial score (nSPS) is 12.1. The molecular weight excluding hydrogens is 239 g/mol. The van der Waals surface area contributed by atoms with Gasteiger partial charge in [-0.1, -0.05) is 5.21 Å². The number of aromatic nitrogens is 3. The Kier molecular flexibility index (Phi) is 2.41. The van der Waals surface area contributed by atoms with Crippen molar-refractivity contribution >= 4 is 15.9 Å². The average Bonchev–Trinajstić information content (AvgIpc) is 2.29. The number of hydrogen-bond acceptors (Lipinski definition) is 2. The van der Waals surface area contributed by atoms with E-state index in [-0.39, 0.29) is 4.60 Å². The van der Waals surface area contributed by atoms with Gasteiger partial charge in [-0.15, -0.1) is 5.10 Å². The first-order valence-electron chi connectivity index (χ1n) is 3.13. The molecule has 0 atom stereocenters. The Morgan fingerprint density at radius 2 is 2.08 bits per heavy atom. The molecule has 0 unspecified atom stereocenters. The summed E-state index contributed by atoms with van der Waals surface area (Å²) in [6.07, 6.45) is -4.44. The molecule has 7 heteroatoms. The second-order valence-corrected chi connectivity index (χ2v) is 2.79. The first kappa shape index (κ1) is 9.50. The van der Waals surface area contributed by atoms with Crippen LogP contribution in [-0.2, 0) is 12.7 Å². The molecule has 3 nitrogen and oxygen atoms in total. The van der Waals surface area contributed by atoms with Crippen molar-refractivity contribution in [1.29, 1.82) is 0 Å². The standard InChI is InChI=1S/C5H5BrF3N3/c1-2-12-4(6)3(10-11-12)5(7,8)9/h2H2,1H3. The number of hydrogen-bond donors (Lipinski definition) is 0. The Hall–Kier alpha value is -0.590. The van der Waals surface area contributed by atoms with E-state index in [2.05, 4.69) is 26.2 Å². The Morgan fingerprint density at radius 3 is 2.33 bits per heavy atom. The lowest BCUT2D eigenvalue weighted by Gasteiger charge is -2.01. The van der Waals surface area contributed by atoms with Gasteiger partial charge in [0.05, 0.1) is 0 Å². The highest BCUT2D eigenvalue weighted by molar-refractivity contribution is 9.10. The summed E-state index contributed by atoms with van der Waals surface area (Å²) in [5.74, 6) is 0. The van der Waals surface area contributed by atoms with E-state index < -0.39 is 11.9 Å². The summed E-state index contributed by atoms with van der Waals surface area (Å²) in [6, 6.07) is 0. The van der Waals surface area contributed by atoms with E-state index >= 15 is 0 Å². The Morgan fingerprint density at radius 1 is 1.50 bits per heavy atom. The van der Waals surface area contributed by atoms with E-state index in [9.17, 15) is 13.2 Å². The first-order valence-corrected chi connectivity index (χ1v) is 3.92. The molecule has 0 amide bonds. The summed E-state index contributed by atoms with van der Waals surface area (Å²) in [6.45, 7) is 2.03. The van der Waals surface area contributed by atoms with E-state index in [4.69, 9.17) is 0 Å². The molecule has 1 rings (SSSR count). The van der Waals surface area contributed by atoms with Crippen LogP contribution < -0.4 is 0 Å². The number of halogens is 4. The molecule has 0 aliphatic heterocycles. The quantitative estimate of drug-likeness (QED) is 0.757. The minimum Gasteiger partial charge on any atom is -0.238 e. The van der Waals surface area contributed by atoms with Crippen LogP contribution in [0.1, 0.15) is 12.6 Å². The van der Waals surface area contributed by atoms with Crippen molar-refractivity contribution in [3.8, 4) is 0 Å². The lowest BCUT2D eigenvalue weighted by molar-refractivity contribution is -0.141. The summed E-state index contributed by atoms with van der Waals surface area (Å²) < 4.78 is 37.2. The molecule has 1 heterocycles. The van der Waals surface area contributed by atoms with Gasteiger partial charge in [-0.3, -0.25) is 0 Å². The monoisotopic (exact) mass is 243 g/mol. The predicted molar refractivity (Wildman–Crippen MR) is 38.4 cm³/mol. The van der Waals surface area contributed by atoms with Gasteiger partial charge in [0.25, 0.3) is 0 Å². The van der Waals surface area contributed by atoms with Crippen molar-refractivity contribution < 1.29 is 13.2 Å². The van der Waals surface area contributed by atoms with Crippen LogP contribution in [0.5, 0.6) is 0 Å². The van der Waals surface area contributed by atoms with E-state index in [1.165, 1.54) is 0 Å². The van der Waals surface area contributed by atoms with Gasteiger partial charge in [0.15, 0.2) is 0 Å². The SMILES string of the molecule is CCn1nnc(C(F)(F)F)c1Br. The van der Waals surface area contributed by atoms with Gasteiger partial charge in [0.2, 0.25) is 5.69 Å². The van der Waals surface area contributed by atoms with Crippen molar-refractivity contribution in [2.45, 2.75) is 19.6 Å². The van der Waals surface area contributed by atoms with Crippen LogP contribution in [-0.4, -0.2) is 15.0 Å². The molecule has 0 radical (unpaired) electrons. The second-order valence-electron chi connectivity index (χ2n) is 2.04. The summed E-state index contributed by atoms with van der Waals surface area (Å²) in [5, 5.41) is 6.30. The smallest absolute Gasteiger partial charge is 0.238 e. The van der Waals surface area contributed by atoms with Crippen molar-refractivity contribution in [3.63, 3.8) is 0 Å². The Bertz CT molecular complexity index is 280. The molecule has 1 aromatic rings. The maximum absolute atomic E-state index is 12.1. The number of nitrogens with zero attached hydrogens (tertiary/aromatic N) is 3. The average molecular weight is 244 g/mol. The lowest BCUT2D eigenvalue weighted by Crippen LogP contribution is -2.06. The maximum atomic E-state index is 12.1. The Labute approximate surface area is 74.7 Å². The highest BCUT2D eigenvalue weighted by Gasteiger charge is 2.37. The molecule has 68 valence electrons. The van der Waals surface area contributed by atoms with Gasteiger partial charge in [0, 0.05) is 6.54 Å². The third-order valence-electron chi connectivity index (χ3n) is 1.24. The minimum absolute atomic E-state index is 0.127. The van der Waals surface area contributed by atoms with Crippen LogP contribution in [0.2, 0.25) is 0 Å². The van der Waals surface area contributed by atoms with Crippen LogP contribution in [0.15, 0.2) is 4.60 Å². The van der Waals surface area contributed by atoms with Crippen LogP contribution in [0.25, 0.3) is 0 Å². The molecule has 0 aromatic carbocycles. The van der Waals surface area contributed by atoms with Gasteiger partial charge in [-0.2, -0.15) is 13.2 Å². The van der Waals surface area contributed by atoms with E-state index in [0.717, 1.165) is 4.68 Å². The van der Waals surface area contributed by atoms with Crippen molar-refractivity contribution in [2.24, 2.45) is 0 Å². The van der Waals surface area contributed by atoms with Gasteiger partial charge in [-0.25, -0.2) is 4.68 Å². The maximum Gasteiger partial charge on any atom is 0.437 e. The summed E-state index contributed by atoms with van der Waals surface area (Å²) in [5.41, 5.74) is -0.982. The van der Waals surface area contributed by atoms with Crippen LogP contribution in [0.3, 0.4) is 0 Å². The zero-order valence-corrected chi connectivity index (χ0v) is 7.65. The summed E-state index contributed by atoms with van der Waals surface area (Å²) in [7, 11) is 0. The fraction of sp³-hybridized carbons (Fsp3) is 0.600. The fourth-order valence-corrected chi connectivity index (χ4v) is 1.30. The largest absolute Gasteiger partial charge is 0.437 e. The third kappa shape index (κ3) is 1.60. The number of alkyl halides is 3. The van der Waals surface area contributed by atoms with Gasteiger partial charge >= 0.3 is 6.18 Å². The summed E-state index contributed by atoms with van der Waals surface area (Å²) in [4.78, 5) is 0. The van der Waals surface area contributed by atoms with Gasteiger partial charge in [-0.05, 0) is 22.9 Å². The molecule has 0 saturated carbocycles. The highest BCUT2D eigenvalue weighted by Crippen LogP contribution is 2.32. The van der Waals surface area contributed by atoms with Crippen LogP contribution in [0.4, 0.5) is 13.2 Å². The number of rotatable bonds is 1. The molecule has 0 aliphatic carbocycles. The van der Waals surface area contributed by atoms with Crippen LogP contribution >= 0.6 is 15.9 Å². The van der Waals surface area contributed by atoms with Crippen molar-refractivity contribution in [1.82, 2.24) is 15.0 Å². The van der Waals surface area contributed by atoms with Gasteiger partial charge in [0.1, 0.15) is 4.60 Å². The summed E-state index contributed by atoms with van der Waals surface area (Å²) >= 11 is 2.77. The molecule has 0 N–H and O–H groups in total. The molecule has 1 aromatic heterocycles. The molecule has 12 heavy (non-hydrogen) atoms. The van der Waals surface area contributed by atoms with Crippen molar-refractivity contribution in [3.05, 3.63) is 10.3 Å². The third-order valence-corrected chi connectivity index (χ3v) is 2.03. The first-order chi connectivity index (χ1) is 5.46. The fourth-order valence-electron chi connectivity index (χ4n) is 0.677. The zero-order valence-electron chi connectivity index (χ0n) is 6.06. The van der Waals surface area contributed by atoms with E-state index in [1.807, 2.05) is 0 Å². The lowest BCUT2D eigenvalue weighted by atomic mass is 10.5. The van der Waals surface area contributed by atoms with Crippen LogP contribution in [0, 0.1) is 0 Å². The molecule has 0 saturated heterocycles. The molecular formula is C5H5BrF3N3. The predicted octanol–water partition coefficient (Wildman–Crippen LogP) is 2.08. The molecule has 0 bridgehead atoms. The highest BCUT2D eigenvalue weighted by atomic mass is 79.9. The minimum atomic E-state index is -4.44. The zero-order chi connectivity index (χ0) is 9.35. The molecule has 0 aliphatic rings.